The molecular weight excluding hydrogens is 276 g/mol. The van der Waals surface area contributed by atoms with Gasteiger partial charge in [0.2, 0.25) is 10.0 Å². The quantitative estimate of drug-likeness (QED) is 0.776. The third kappa shape index (κ3) is 4.39. The van der Waals surface area contributed by atoms with Gasteiger partial charge in [0.25, 0.3) is 0 Å². The van der Waals surface area contributed by atoms with E-state index in [2.05, 4.69) is 10.0 Å². The van der Waals surface area contributed by atoms with Crippen molar-refractivity contribution in [1.82, 2.24) is 4.72 Å². The summed E-state index contributed by atoms with van der Waals surface area (Å²) >= 11 is 0. The Balaban J connectivity index is 2.83. The average Bonchev–Trinajstić information content (AvgIpc) is 2.47. The molecule has 0 unspecified atom stereocenters. The Morgan fingerprint density at radius 3 is 2.35 bits per heavy atom. The second-order valence-electron chi connectivity index (χ2n) is 3.85. The van der Waals surface area contributed by atoms with Gasteiger partial charge >= 0.3 is 0 Å². The number of sulfonamides is 1. The Kier molecular flexibility index (Phi) is 5.73. The molecule has 0 heterocycles. The number of benzene rings is 1. The zero-order valence-corrected chi connectivity index (χ0v) is 11.7. The molecule has 0 aliphatic heterocycles. The third-order valence-corrected chi connectivity index (χ3v) is 3.81. The van der Waals surface area contributed by atoms with Gasteiger partial charge in [0, 0.05) is 18.4 Å². The highest BCUT2D eigenvalue weighted by Gasteiger charge is 2.12. The first-order valence-electron chi connectivity index (χ1n) is 5.90. The third-order valence-electron chi connectivity index (χ3n) is 2.33. The molecular formula is C13H14N4O2S. The molecule has 1 rings (SSSR count). The number of hydrogen-bond donors (Lipinski definition) is 2. The lowest BCUT2D eigenvalue weighted by molar-refractivity contribution is 0.581. The van der Waals surface area contributed by atoms with Crippen LogP contribution in [0, 0.1) is 22.7 Å². The van der Waals surface area contributed by atoms with E-state index in [1.807, 2.05) is 6.92 Å². The minimum atomic E-state index is -3.48. The molecule has 0 fully saturated rings. The molecule has 0 bridgehead atoms. The van der Waals surface area contributed by atoms with Crippen LogP contribution in [0.1, 0.15) is 13.3 Å². The van der Waals surface area contributed by atoms with Crippen LogP contribution in [0.2, 0.25) is 0 Å². The van der Waals surface area contributed by atoms with Crippen LogP contribution in [0.5, 0.6) is 0 Å². The van der Waals surface area contributed by atoms with Gasteiger partial charge in [-0.05, 0) is 30.7 Å². The van der Waals surface area contributed by atoms with Crippen molar-refractivity contribution in [3.63, 3.8) is 0 Å². The summed E-state index contributed by atoms with van der Waals surface area (Å²) in [6.45, 7) is 2.27. The van der Waals surface area contributed by atoms with E-state index in [0.717, 1.165) is 6.42 Å². The molecule has 104 valence electrons. The summed E-state index contributed by atoms with van der Waals surface area (Å²) < 4.78 is 26.1. The molecule has 0 aliphatic carbocycles. The maximum atomic E-state index is 11.8. The number of anilines is 1. The maximum Gasteiger partial charge on any atom is 0.240 e. The monoisotopic (exact) mass is 290 g/mol. The number of allylic oxidation sites excluding steroid dienone is 1. The van der Waals surface area contributed by atoms with Crippen LogP contribution >= 0.6 is 0 Å². The van der Waals surface area contributed by atoms with Crippen LogP contribution in [-0.4, -0.2) is 15.0 Å². The van der Waals surface area contributed by atoms with Gasteiger partial charge in [0.15, 0.2) is 0 Å². The van der Waals surface area contributed by atoms with Crippen molar-refractivity contribution in [2.24, 2.45) is 0 Å². The number of hydrogen-bond acceptors (Lipinski definition) is 5. The largest absolute Gasteiger partial charge is 0.360 e. The molecule has 0 spiro atoms. The highest BCUT2D eigenvalue weighted by atomic mass is 32.2. The Labute approximate surface area is 118 Å². The fourth-order valence-corrected chi connectivity index (χ4v) is 2.43. The molecule has 1 aromatic rings. The molecule has 0 aliphatic rings. The molecule has 0 radical (unpaired) electrons. The van der Waals surface area contributed by atoms with Crippen LogP contribution in [0.25, 0.3) is 0 Å². The Morgan fingerprint density at radius 1 is 1.25 bits per heavy atom. The molecule has 7 heteroatoms. The van der Waals surface area contributed by atoms with Crippen LogP contribution < -0.4 is 10.0 Å². The number of nitrogens with zero attached hydrogens (tertiary/aromatic N) is 2. The molecule has 0 atom stereocenters. The van der Waals surface area contributed by atoms with Crippen molar-refractivity contribution in [2.45, 2.75) is 18.2 Å². The predicted octanol–water partition coefficient (Wildman–Crippen LogP) is 1.72. The Morgan fingerprint density at radius 2 is 1.85 bits per heavy atom. The van der Waals surface area contributed by atoms with Gasteiger partial charge in [-0.3, -0.25) is 0 Å². The topological polar surface area (TPSA) is 106 Å². The SMILES string of the molecule is CCCNS(=O)(=O)c1ccc(NC=C(C#N)C#N)cc1. The summed E-state index contributed by atoms with van der Waals surface area (Å²) in [5.74, 6) is 0. The smallest absolute Gasteiger partial charge is 0.240 e. The molecule has 20 heavy (non-hydrogen) atoms. The summed E-state index contributed by atoms with van der Waals surface area (Å²) in [6, 6.07) is 9.44. The van der Waals surface area contributed by atoms with Gasteiger partial charge in [-0.25, -0.2) is 13.1 Å². The van der Waals surface area contributed by atoms with Gasteiger partial charge in [-0.15, -0.1) is 0 Å². The van der Waals surface area contributed by atoms with Crippen molar-refractivity contribution in [2.75, 3.05) is 11.9 Å². The van der Waals surface area contributed by atoms with Crippen LogP contribution in [0.4, 0.5) is 5.69 Å². The van der Waals surface area contributed by atoms with Gasteiger partial charge in [-0.2, -0.15) is 10.5 Å². The van der Waals surface area contributed by atoms with Gasteiger partial charge in [0.1, 0.15) is 17.7 Å². The standard InChI is InChI=1S/C13H14N4O2S/c1-2-7-17-20(18,19)13-5-3-12(4-6-13)16-10-11(8-14)9-15/h3-6,10,16-17H,2,7H2,1H3. The Bertz CT molecular complexity index is 648. The first-order valence-corrected chi connectivity index (χ1v) is 7.38. The zero-order valence-electron chi connectivity index (χ0n) is 10.9. The van der Waals surface area contributed by atoms with Crippen molar-refractivity contribution < 1.29 is 8.42 Å². The summed E-state index contributed by atoms with van der Waals surface area (Å²) in [4.78, 5) is 0.168. The fourth-order valence-electron chi connectivity index (χ4n) is 1.30. The van der Waals surface area contributed by atoms with Crippen molar-refractivity contribution in [1.29, 1.82) is 10.5 Å². The highest BCUT2D eigenvalue weighted by Crippen LogP contribution is 2.14. The molecule has 1 aromatic carbocycles. The Hall–Kier alpha value is -2.35. The number of nitriles is 2. The summed E-state index contributed by atoms with van der Waals surface area (Å²) in [5.41, 5.74) is 0.522. The lowest BCUT2D eigenvalue weighted by Crippen LogP contribution is -2.24. The molecule has 0 amide bonds. The zero-order chi connectivity index (χ0) is 15.0. The fraction of sp³-hybridized carbons (Fsp3) is 0.231. The summed E-state index contributed by atoms with van der Waals surface area (Å²) in [5, 5.41) is 19.9. The van der Waals surface area contributed by atoms with E-state index in [1.165, 1.54) is 18.3 Å². The molecule has 0 aromatic heterocycles. The first kappa shape index (κ1) is 15.7. The second-order valence-corrected chi connectivity index (χ2v) is 5.62. The normalized spacial score (nSPS) is 10.2. The predicted molar refractivity (Wildman–Crippen MR) is 74.9 cm³/mol. The van der Waals surface area contributed by atoms with Crippen molar-refractivity contribution in [3.8, 4) is 12.1 Å². The van der Waals surface area contributed by atoms with E-state index < -0.39 is 10.0 Å². The molecule has 0 saturated heterocycles. The van der Waals surface area contributed by atoms with Gasteiger partial charge < -0.3 is 5.32 Å². The highest BCUT2D eigenvalue weighted by molar-refractivity contribution is 7.89. The van der Waals surface area contributed by atoms with E-state index in [4.69, 9.17) is 10.5 Å². The second kappa shape index (κ2) is 7.29. The summed E-state index contributed by atoms with van der Waals surface area (Å²) in [7, 11) is -3.48. The van der Waals surface area contributed by atoms with Crippen molar-refractivity contribution in [3.05, 3.63) is 36.0 Å². The minimum Gasteiger partial charge on any atom is -0.360 e. The first-order chi connectivity index (χ1) is 9.53. The van der Waals surface area contributed by atoms with Gasteiger partial charge in [-0.1, -0.05) is 6.92 Å². The van der Waals surface area contributed by atoms with E-state index in [9.17, 15) is 8.42 Å². The lowest BCUT2D eigenvalue weighted by atomic mass is 10.3. The molecule has 2 N–H and O–H groups in total. The van der Waals surface area contributed by atoms with E-state index in [-0.39, 0.29) is 10.5 Å². The van der Waals surface area contributed by atoms with E-state index in [1.54, 1.807) is 24.3 Å². The van der Waals surface area contributed by atoms with Crippen LogP contribution in [0.15, 0.2) is 40.9 Å². The van der Waals surface area contributed by atoms with Crippen LogP contribution in [-0.2, 0) is 10.0 Å². The van der Waals surface area contributed by atoms with Crippen LogP contribution in [0.3, 0.4) is 0 Å². The number of nitrogens with one attached hydrogen (secondary N) is 2. The summed E-state index contributed by atoms with van der Waals surface area (Å²) in [6.07, 6.45) is 1.98. The number of rotatable bonds is 6. The average molecular weight is 290 g/mol. The van der Waals surface area contributed by atoms with E-state index >= 15 is 0 Å². The van der Waals surface area contributed by atoms with E-state index in [0.29, 0.717) is 12.2 Å². The van der Waals surface area contributed by atoms with Crippen molar-refractivity contribution >= 4 is 15.7 Å². The molecule has 6 nitrogen and oxygen atoms in total. The maximum absolute atomic E-state index is 11.8. The lowest BCUT2D eigenvalue weighted by Gasteiger charge is -2.06. The minimum absolute atomic E-state index is 0.0636. The molecule has 0 saturated carbocycles. The van der Waals surface area contributed by atoms with Gasteiger partial charge in [0.05, 0.1) is 4.90 Å².